The highest BCUT2D eigenvalue weighted by Gasteiger charge is 2.61. The third-order valence-corrected chi connectivity index (χ3v) is 7.47. The lowest BCUT2D eigenvalue weighted by molar-refractivity contribution is -0.145. The number of ether oxygens (including phenoxy) is 1. The normalized spacial score (nSPS) is 31.0. The van der Waals surface area contributed by atoms with Gasteiger partial charge in [0.1, 0.15) is 11.1 Å². The molecule has 1 aliphatic carbocycles. The minimum atomic E-state index is -1.27. The van der Waals surface area contributed by atoms with E-state index in [-0.39, 0.29) is 35.7 Å². The monoisotopic (exact) mass is 438 g/mol. The maximum absolute atomic E-state index is 12.3. The van der Waals surface area contributed by atoms with E-state index in [1.165, 1.54) is 0 Å². The molecule has 2 unspecified atom stereocenters. The number of likely N-dealkylation sites (tertiary alicyclic amines) is 1. The second-order valence-corrected chi connectivity index (χ2v) is 11.9. The third kappa shape index (κ3) is 4.73. The number of aliphatic carboxylic acids is 1. The van der Waals surface area contributed by atoms with Crippen molar-refractivity contribution in [1.82, 2.24) is 4.90 Å². The van der Waals surface area contributed by atoms with Crippen molar-refractivity contribution in [3.63, 3.8) is 0 Å². The van der Waals surface area contributed by atoms with Crippen LogP contribution in [0.3, 0.4) is 0 Å². The summed E-state index contributed by atoms with van der Waals surface area (Å²) in [4.78, 5) is 26.0. The van der Waals surface area contributed by atoms with Crippen molar-refractivity contribution >= 4 is 19.2 Å². The Bertz CT molecular complexity index is 712. The molecule has 3 rings (SSSR count). The van der Waals surface area contributed by atoms with Crippen LogP contribution in [0.1, 0.15) is 74.1 Å². The smallest absolute Gasteiger partial charge is 0.457 e. The highest BCUT2D eigenvalue weighted by molar-refractivity contribution is 6.45. The van der Waals surface area contributed by atoms with Crippen molar-refractivity contribution in [3.8, 4) is 0 Å². The zero-order valence-corrected chi connectivity index (χ0v) is 20.1. The van der Waals surface area contributed by atoms with Gasteiger partial charge in [0, 0.05) is 18.5 Å². The SMILES string of the molecule is CC(C)(C)OC(=O)N1CC2(CC(CCCB3OC(C)(C)C(C)(C)O3)C(N)(C(=O)O)C2)C1. The minimum absolute atomic E-state index is 0.145. The van der Waals surface area contributed by atoms with Gasteiger partial charge >= 0.3 is 19.2 Å². The summed E-state index contributed by atoms with van der Waals surface area (Å²) in [6.07, 6.45) is 2.92. The Kier molecular flexibility index (Phi) is 5.99. The first kappa shape index (κ1) is 24.3. The summed E-state index contributed by atoms with van der Waals surface area (Å²) >= 11 is 0. The predicted octanol–water partition coefficient (Wildman–Crippen LogP) is 3.29. The van der Waals surface area contributed by atoms with Crippen LogP contribution in [-0.4, -0.2) is 64.6 Å². The van der Waals surface area contributed by atoms with E-state index in [0.29, 0.717) is 38.7 Å². The van der Waals surface area contributed by atoms with Crippen LogP contribution in [0.25, 0.3) is 0 Å². The van der Waals surface area contributed by atoms with Gasteiger partial charge in [-0.25, -0.2) is 4.79 Å². The first-order valence-electron chi connectivity index (χ1n) is 11.3. The van der Waals surface area contributed by atoms with Gasteiger partial charge < -0.3 is 29.8 Å². The fraction of sp³-hybridized carbons (Fsp3) is 0.909. The number of hydrogen-bond acceptors (Lipinski definition) is 6. The topological polar surface area (TPSA) is 111 Å². The standard InChI is InChI=1S/C22H39BN2O6/c1-18(2,3)29-17(28)25-13-21(14-25)11-15(22(24,12-21)16(26)27)9-8-10-23-30-19(4,5)20(6,7)31-23/h15H,8-14,24H2,1-7H3,(H,26,27). The number of carbonyl (C=O) groups excluding carboxylic acids is 1. The number of carboxylic acids is 1. The number of rotatable bonds is 5. The highest BCUT2D eigenvalue weighted by atomic mass is 16.7. The van der Waals surface area contributed by atoms with Gasteiger partial charge in [-0.2, -0.15) is 0 Å². The average molecular weight is 438 g/mol. The van der Waals surface area contributed by atoms with Crippen molar-refractivity contribution in [3.05, 3.63) is 0 Å². The number of hydrogen-bond donors (Lipinski definition) is 2. The Labute approximate surface area is 186 Å². The van der Waals surface area contributed by atoms with Gasteiger partial charge in [-0.05, 0) is 80.0 Å². The summed E-state index contributed by atoms with van der Waals surface area (Å²) < 4.78 is 17.5. The van der Waals surface area contributed by atoms with Gasteiger partial charge in [0.15, 0.2) is 0 Å². The zero-order valence-electron chi connectivity index (χ0n) is 20.1. The minimum Gasteiger partial charge on any atom is -0.480 e. The van der Waals surface area contributed by atoms with Crippen molar-refractivity contribution in [1.29, 1.82) is 0 Å². The molecule has 3 N–H and O–H groups in total. The maximum Gasteiger partial charge on any atom is 0.457 e. The molecule has 0 bridgehead atoms. The van der Waals surface area contributed by atoms with E-state index in [9.17, 15) is 14.7 Å². The van der Waals surface area contributed by atoms with Crippen LogP contribution in [0.5, 0.6) is 0 Å². The summed E-state index contributed by atoms with van der Waals surface area (Å²) in [5.74, 6) is -1.10. The largest absolute Gasteiger partial charge is 0.480 e. The molecular formula is C22H39BN2O6. The highest BCUT2D eigenvalue weighted by Crippen LogP contribution is 2.54. The lowest BCUT2D eigenvalue weighted by Gasteiger charge is -2.48. The second-order valence-electron chi connectivity index (χ2n) is 11.9. The third-order valence-electron chi connectivity index (χ3n) is 7.47. The molecule has 9 heteroatoms. The summed E-state index contributed by atoms with van der Waals surface area (Å²) in [7, 11) is -0.288. The Morgan fingerprint density at radius 3 is 2.19 bits per heavy atom. The molecule has 176 valence electrons. The Balaban J connectivity index is 1.56. The lowest BCUT2D eigenvalue weighted by atomic mass is 9.76. The van der Waals surface area contributed by atoms with E-state index >= 15 is 0 Å². The summed E-state index contributed by atoms with van der Waals surface area (Å²) in [6.45, 7) is 14.6. The van der Waals surface area contributed by atoms with E-state index in [1.54, 1.807) is 4.90 Å². The summed E-state index contributed by atoms with van der Waals surface area (Å²) in [5.41, 5.74) is 3.64. The van der Waals surface area contributed by atoms with Gasteiger partial charge in [0.05, 0.1) is 11.2 Å². The molecule has 1 saturated carbocycles. The molecule has 2 aliphatic heterocycles. The molecule has 31 heavy (non-hydrogen) atoms. The van der Waals surface area contributed by atoms with Crippen molar-refractivity contribution in [2.45, 2.75) is 103 Å². The fourth-order valence-electron chi connectivity index (χ4n) is 5.23. The lowest BCUT2D eigenvalue weighted by Crippen LogP contribution is -2.60. The zero-order chi connectivity index (χ0) is 23.5. The van der Waals surface area contributed by atoms with Gasteiger partial charge in [-0.1, -0.05) is 6.42 Å². The molecule has 2 saturated heterocycles. The van der Waals surface area contributed by atoms with Crippen LogP contribution in [0, 0.1) is 11.3 Å². The Morgan fingerprint density at radius 2 is 1.71 bits per heavy atom. The molecule has 1 amide bonds. The number of nitrogens with two attached hydrogens (primary N) is 1. The van der Waals surface area contributed by atoms with E-state index in [4.69, 9.17) is 19.8 Å². The molecule has 1 spiro atoms. The quantitative estimate of drug-likeness (QED) is 0.634. The molecule has 0 aromatic heterocycles. The van der Waals surface area contributed by atoms with Crippen molar-refractivity contribution in [2.24, 2.45) is 17.1 Å². The average Bonchev–Trinajstić information content (AvgIpc) is 2.96. The van der Waals surface area contributed by atoms with Gasteiger partial charge in [0.2, 0.25) is 0 Å². The van der Waals surface area contributed by atoms with Crippen LogP contribution in [-0.2, 0) is 18.8 Å². The van der Waals surface area contributed by atoms with Gasteiger partial charge in [0.25, 0.3) is 0 Å². The first-order valence-corrected chi connectivity index (χ1v) is 11.3. The van der Waals surface area contributed by atoms with Crippen LogP contribution >= 0.6 is 0 Å². The molecule has 2 heterocycles. The van der Waals surface area contributed by atoms with Crippen LogP contribution in [0.2, 0.25) is 6.32 Å². The van der Waals surface area contributed by atoms with Gasteiger partial charge in [-0.15, -0.1) is 0 Å². The number of amides is 1. The molecule has 0 aromatic carbocycles. The van der Waals surface area contributed by atoms with E-state index in [1.807, 2.05) is 48.5 Å². The summed E-state index contributed by atoms with van der Waals surface area (Å²) in [6, 6.07) is 0. The molecule has 2 atom stereocenters. The summed E-state index contributed by atoms with van der Waals surface area (Å²) in [5, 5.41) is 9.89. The predicted molar refractivity (Wildman–Crippen MR) is 118 cm³/mol. The molecule has 3 fully saturated rings. The van der Waals surface area contributed by atoms with Crippen LogP contribution in [0.4, 0.5) is 4.79 Å². The fourth-order valence-corrected chi connectivity index (χ4v) is 5.23. The molecular weight excluding hydrogens is 399 g/mol. The van der Waals surface area contributed by atoms with Gasteiger partial charge in [-0.3, -0.25) is 4.79 Å². The number of carbonyl (C=O) groups is 2. The molecule has 3 aliphatic rings. The van der Waals surface area contributed by atoms with E-state index in [2.05, 4.69) is 0 Å². The van der Waals surface area contributed by atoms with E-state index in [0.717, 1.165) is 6.42 Å². The number of nitrogens with zero attached hydrogens (tertiary/aromatic N) is 1. The second kappa shape index (κ2) is 7.63. The van der Waals surface area contributed by atoms with Crippen molar-refractivity contribution in [2.75, 3.05) is 13.1 Å². The van der Waals surface area contributed by atoms with Crippen LogP contribution in [0.15, 0.2) is 0 Å². The van der Waals surface area contributed by atoms with Crippen molar-refractivity contribution < 1.29 is 28.7 Å². The molecule has 0 radical (unpaired) electrons. The van der Waals surface area contributed by atoms with E-state index < -0.39 is 17.1 Å². The Hall–Kier alpha value is -1.32. The Morgan fingerprint density at radius 1 is 1.16 bits per heavy atom. The maximum atomic E-state index is 12.3. The molecule has 0 aromatic rings. The first-order chi connectivity index (χ1) is 14.0. The van der Waals surface area contributed by atoms with Crippen LogP contribution < -0.4 is 5.73 Å². The molecule has 8 nitrogen and oxygen atoms in total. The number of carboxylic acid groups (broad SMARTS) is 1.